The van der Waals surface area contributed by atoms with Gasteiger partial charge in [0.2, 0.25) is 0 Å². The van der Waals surface area contributed by atoms with Crippen molar-refractivity contribution in [3.8, 4) is 11.8 Å². The largest absolute Gasteiger partial charge is 0.491 e. The number of hydrogen-bond donors (Lipinski definition) is 0. The van der Waals surface area contributed by atoms with Gasteiger partial charge in [0.25, 0.3) is 0 Å². The maximum atomic E-state index is 9.40. The van der Waals surface area contributed by atoms with Gasteiger partial charge in [-0.2, -0.15) is 5.26 Å². The van der Waals surface area contributed by atoms with Gasteiger partial charge in [0.15, 0.2) is 0 Å². The van der Waals surface area contributed by atoms with E-state index >= 15 is 0 Å². The van der Waals surface area contributed by atoms with Crippen LogP contribution in [0.2, 0.25) is 0 Å². The van der Waals surface area contributed by atoms with Gasteiger partial charge >= 0.3 is 0 Å². The lowest BCUT2D eigenvalue weighted by molar-refractivity contribution is 0.0104. The summed E-state index contributed by atoms with van der Waals surface area (Å²) in [4.78, 5) is 2.41. The molecule has 1 fully saturated rings. The number of nitriles is 1. The third-order valence-corrected chi connectivity index (χ3v) is 5.15. The van der Waals surface area contributed by atoms with Crippen LogP contribution in [0.1, 0.15) is 34.7 Å². The number of rotatable bonds is 6. The summed E-state index contributed by atoms with van der Waals surface area (Å²) in [5.41, 5.74) is 5.27. The van der Waals surface area contributed by atoms with Crippen molar-refractivity contribution in [2.45, 2.75) is 33.2 Å². The Bertz CT molecular complexity index is 820. The molecule has 27 heavy (non-hydrogen) atoms. The predicted octanol–water partition coefficient (Wildman–Crippen LogP) is 3.87. The van der Waals surface area contributed by atoms with Gasteiger partial charge in [-0.15, -0.1) is 0 Å². The SMILES string of the molecule is Cc1cc(C)c(OCC(C)N2CCOCC2)c(Cc2ccccc2C#N)c1. The van der Waals surface area contributed by atoms with E-state index in [2.05, 4.69) is 43.9 Å². The number of ether oxygens (including phenoxy) is 2. The van der Waals surface area contributed by atoms with E-state index in [1.807, 2.05) is 24.3 Å². The van der Waals surface area contributed by atoms with E-state index in [4.69, 9.17) is 9.47 Å². The van der Waals surface area contributed by atoms with Gasteiger partial charge < -0.3 is 9.47 Å². The Morgan fingerprint density at radius 3 is 2.63 bits per heavy atom. The van der Waals surface area contributed by atoms with Crippen LogP contribution in [0, 0.1) is 25.2 Å². The Balaban J connectivity index is 1.79. The molecule has 0 bridgehead atoms. The Hall–Kier alpha value is -2.35. The van der Waals surface area contributed by atoms with Crippen LogP contribution in [-0.2, 0) is 11.2 Å². The van der Waals surface area contributed by atoms with E-state index in [9.17, 15) is 5.26 Å². The van der Waals surface area contributed by atoms with E-state index < -0.39 is 0 Å². The molecule has 0 spiro atoms. The molecule has 0 aromatic heterocycles. The maximum Gasteiger partial charge on any atom is 0.125 e. The van der Waals surface area contributed by atoms with Crippen molar-refractivity contribution in [2.24, 2.45) is 0 Å². The molecule has 0 radical (unpaired) electrons. The minimum atomic E-state index is 0.342. The molecule has 4 nitrogen and oxygen atoms in total. The summed E-state index contributed by atoms with van der Waals surface area (Å²) in [7, 11) is 0. The highest BCUT2D eigenvalue weighted by Gasteiger charge is 2.19. The average Bonchev–Trinajstić information content (AvgIpc) is 2.68. The van der Waals surface area contributed by atoms with Crippen molar-refractivity contribution in [2.75, 3.05) is 32.9 Å². The van der Waals surface area contributed by atoms with E-state index in [1.165, 1.54) is 5.56 Å². The molecule has 1 aliphatic rings. The molecule has 3 rings (SSSR count). The number of hydrogen-bond acceptors (Lipinski definition) is 4. The van der Waals surface area contributed by atoms with Crippen LogP contribution in [0.25, 0.3) is 0 Å². The molecular weight excluding hydrogens is 336 g/mol. The van der Waals surface area contributed by atoms with Gasteiger partial charge in [-0.05, 0) is 43.5 Å². The zero-order valence-electron chi connectivity index (χ0n) is 16.5. The topological polar surface area (TPSA) is 45.5 Å². The average molecular weight is 364 g/mol. The summed E-state index contributed by atoms with van der Waals surface area (Å²) in [6.07, 6.45) is 0.702. The first-order valence-electron chi connectivity index (χ1n) is 9.61. The first-order valence-corrected chi connectivity index (χ1v) is 9.61. The molecular formula is C23H28N2O2. The van der Waals surface area contributed by atoms with Crippen molar-refractivity contribution in [3.05, 3.63) is 64.2 Å². The second-order valence-corrected chi connectivity index (χ2v) is 7.32. The molecule has 2 aromatic carbocycles. The highest BCUT2D eigenvalue weighted by molar-refractivity contribution is 5.48. The Morgan fingerprint density at radius 2 is 1.89 bits per heavy atom. The van der Waals surface area contributed by atoms with Crippen LogP contribution >= 0.6 is 0 Å². The molecule has 0 saturated carbocycles. The number of aryl methyl sites for hydroxylation is 2. The maximum absolute atomic E-state index is 9.40. The number of benzene rings is 2. The highest BCUT2D eigenvalue weighted by Crippen LogP contribution is 2.29. The lowest BCUT2D eigenvalue weighted by atomic mass is 9.96. The van der Waals surface area contributed by atoms with Gasteiger partial charge in [0, 0.05) is 25.6 Å². The zero-order chi connectivity index (χ0) is 19.2. The smallest absolute Gasteiger partial charge is 0.125 e. The summed E-state index contributed by atoms with van der Waals surface area (Å²) < 4.78 is 11.8. The third-order valence-electron chi connectivity index (χ3n) is 5.15. The molecule has 1 heterocycles. The Labute approximate surface area is 162 Å². The Kier molecular flexibility index (Phi) is 6.49. The highest BCUT2D eigenvalue weighted by atomic mass is 16.5. The van der Waals surface area contributed by atoms with Crippen LogP contribution in [-0.4, -0.2) is 43.9 Å². The van der Waals surface area contributed by atoms with Crippen molar-refractivity contribution < 1.29 is 9.47 Å². The van der Waals surface area contributed by atoms with Gasteiger partial charge in [-0.25, -0.2) is 0 Å². The minimum absolute atomic E-state index is 0.342. The van der Waals surface area contributed by atoms with Crippen LogP contribution in [0.4, 0.5) is 0 Å². The van der Waals surface area contributed by atoms with Crippen LogP contribution in [0.3, 0.4) is 0 Å². The summed E-state index contributed by atoms with van der Waals surface area (Å²) in [5.74, 6) is 0.952. The van der Waals surface area contributed by atoms with Gasteiger partial charge in [-0.1, -0.05) is 35.9 Å². The van der Waals surface area contributed by atoms with Crippen molar-refractivity contribution in [3.63, 3.8) is 0 Å². The molecule has 4 heteroatoms. The number of morpholine rings is 1. The molecule has 1 unspecified atom stereocenters. The normalized spacial score (nSPS) is 15.9. The summed E-state index contributed by atoms with van der Waals surface area (Å²) in [5, 5.41) is 9.40. The van der Waals surface area contributed by atoms with Crippen LogP contribution in [0.5, 0.6) is 5.75 Å². The molecule has 1 atom stereocenters. The molecule has 1 aliphatic heterocycles. The molecule has 142 valence electrons. The predicted molar refractivity (Wildman–Crippen MR) is 107 cm³/mol. The van der Waals surface area contributed by atoms with Crippen molar-refractivity contribution in [1.82, 2.24) is 4.90 Å². The number of nitrogens with zero attached hydrogens (tertiary/aromatic N) is 2. The lowest BCUT2D eigenvalue weighted by Gasteiger charge is -2.32. The first-order chi connectivity index (χ1) is 13.1. The van der Waals surface area contributed by atoms with E-state index in [0.29, 0.717) is 19.1 Å². The molecule has 2 aromatic rings. The van der Waals surface area contributed by atoms with Crippen molar-refractivity contribution >= 4 is 0 Å². The fourth-order valence-electron chi connectivity index (χ4n) is 3.70. The van der Waals surface area contributed by atoms with Crippen LogP contribution < -0.4 is 4.74 Å². The van der Waals surface area contributed by atoms with Crippen molar-refractivity contribution in [1.29, 1.82) is 5.26 Å². The van der Waals surface area contributed by atoms with Crippen LogP contribution in [0.15, 0.2) is 36.4 Å². The van der Waals surface area contributed by atoms with E-state index in [-0.39, 0.29) is 0 Å². The summed E-state index contributed by atoms with van der Waals surface area (Å²) in [6.45, 7) is 10.6. The van der Waals surface area contributed by atoms with E-state index in [1.54, 1.807) is 0 Å². The van der Waals surface area contributed by atoms with E-state index in [0.717, 1.165) is 54.3 Å². The standard InChI is InChI=1S/C23H28N2O2/c1-17-12-18(2)23(27-16-19(3)25-8-10-26-11-9-25)22(13-17)14-20-6-4-5-7-21(20)15-24/h4-7,12-13,19H,8-11,14,16H2,1-3H3. The fraction of sp³-hybridized carbons (Fsp3) is 0.435. The first kappa shape index (κ1) is 19.4. The Morgan fingerprint density at radius 1 is 1.15 bits per heavy atom. The minimum Gasteiger partial charge on any atom is -0.491 e. The third kappa shape index (κ3) is 4.88. The monoisotopic (exact) mass is 364 g/mol. The summed E-state index contributed by atoms with van der Waals surface area (Å²) >= 11 is 0. The van der Waals surface area contributed by atoms with Gasteiger partial charge in [0.05, 0.1) is 24.8 Å². The second kappa shape index (κ2) is 9.03. The second-order valence-electron chi connectivity index (χ2n) is 7.32. The molecule has 0 N–H and O–H groups in total. The zero-order valence-corrected chi connectivity index (χ0v) is 16.5. The quantitative estimate of drug-likeness (QED) is 0.781. The molecule has 0 amide bonds. The summed E-state index contributed by atoms with van der Waals surface area (Å²) in [6, 6.07) is 14.8. The fourth-order valence-corrected chi connectivity index (χ4v) is 3.70. The molecule has 0 aliphatic carbocycles. The van der Waals surface area contributed by atoms with Gasteiger partial charge in [0.1, 0.15) is 12.4 Å². The molecule has 1 saturated heterocycles. The lowest BCUT2D eigenvalue weighted by Crippen LogP contribution is -2.44. The van der Waals surface area contributed by atoms with Gasteiger partial charge in [-0.3, -0.25) is 4.90 Å².